The van der Waals surface area contributed by atoms with Crippen molar-refractivity contribution < 1.29 is 28.2 Å². The lowest BCUT2D eigenvalue weighted by atomic mass is 10.00. The molecule has 0 aliphatic heterocycles. The molecule has 2 aromatic rings. The Balaban J connectivity index is 2.18. The standard InChI is InChI=1S/C23H21FN2O4/c1-13-18(7-14-8-21(28-2)23(30-4)22(9-14)29-3)17-6-5-15(24)10-20(17)19(13)11-16(27)12-26-25/h5-10,12H,11H2,1-4H3/b18-7-. The fourth-order valence-electron chi connectivity index (χ4n) is 3.62. The van der Waals surface area contributed by atoms with Crippen molar-refractivity contribution in [2.75, 3.05) is 21.3 Å². The predicted octanol–water partition coefficient (Wildman–Crippen LogP) is 4.44. The van der Waals surface area contributed by atoms with Gasteiger partial charge in [0.2, 0.25) is 11.5 Å². The van der Waals surface area contributed by atoms with Gasteiger partial charge < -0.3 is 19.7 Å². The van der Waals surface area contributed by atoms with Gasteiger partial charge in [0, 0.05) is 6.42 Å². The molecule has 0 aromatic heterocycles. The highest BCUT2D eigenvalue weighted by Gasteiger charge is 2.26. The molecule has 1 aliphatic rings. The molecule has 3 rings (SSSR count). The highest BCUT2D eigenvalue weighted by Crippen LogP contribution is 2.45. The average Bonchev–Trinajstić information content (AvgIpc) is 2.98. The van der Waals surface area contributed by atoms with Crippen LogP contribution in [-0.2, 0) is 4.79 Å². The van der Waals surface area contributed by atoms with Crippen molar-refractivity contribution >= 4 is 29.2 Å². The number of ketones is 1. The summed E-state index contributed by atoms with van der Waals surface area (Å²) in [5.74, 6) is 0.736. The molecule has 0 radical (unpaired) electrons. The maximum atomic E-state index is 13.9. The van der Waals surface area contributed by atoms with E-state index in [-0.39, 0.29) is 12.2 Å². The topological polar surface area (TPSA) is 81.2 Å². The third-order valence-electron chi connectivity index (χ3n) is 5.00. The minimum atomic E-state index is -0.392. The summed E-state index contributed by atoms with van der Waals surface area (Å²) in [6.45, 7) is 1.88. The van der Waals surface area contributed by atoms with Crippen LogP contribution in [0.3, 0.4) is 0 Å². The van der Waals surface area contributed by atoms with E-state index in [9.17, 15) is 9.18 Å². The summed E-state index contributed by atoms with van der Waals surface area (Å²) < 4.78 is 30.1. The summed E-state index contributed by atoms with van der Waals surface area (Å²) in [6, 6.07) is 8.11. The molecule has 0 heterocycles. The zero-order valence-corrected chi connectivity index (χ0v) is 17.2. The van der Waals surface area contributed by atoms with Gasteiger partial charge in [-0.2, -0.15) is 4.79 Å². The number of hydrogen-bond donors (Lipinski definition) is 0. The van der Waals surface area contributed by atoms with Gasteiger partial charge in [0.15, 0.2) is 11.5 Å². The Kier molecular flexibility index (Phi) is 6.14. The smallest absolute Gasteiger partial charge is 0.323 e. The number of benzene rings is 2. The zero-order chi connectivity index (χ0) is 21.8. The maximum Gasteiger partial charge on any atom is 0.323 e. The SMILES string of the molecule is COc1cc(/C=C2/C(C)=C(CC(=O)C=[N+]=[N-])c3cc(F)ccc32)cc(OC)c1OC. The molecule has 0 atom stereocenters. The normalized spacial score (nSPS) is 13.7. The zero-order valence-electron chi connectivity index (χ0n) is 17.2. The van der Waals surface area contributed by atoms with Crippen LogP contribution in [-0.4, -0.2) is 38.1 Å². The van der Waals surface area contributed by atoms with Crippen LogP contribution in [0.15, 0.2) is 35.9 Å². The van der Waals surface area contributed by atoms with E-state index in [1.54, 1.807) is 20.3 Å². The molecule has 0 saturated heterocycles. The Morgan fingerprint density at radius 2 is 1.73 bits per heavy atom. The van der Waals surface area contributed by atoms with Crippen LogP contribution in [0.2, 0.25) is 0 Å². The lowest BCUT2D eigenvalue weighted by Gasteiger charge is -2.13. The third kappa shape index (κ3) is 3.88. The second kappa shape index (κ2) is 8.76. The van der Waals surface area contributed by atoms with Crippen molar-refractivity contribution in [2.45, 2.75) is 13.3 Å². The van der Waals surface area contributed by atoms with Gasteiger partial charge in [-0.25, -0.2) is 4.39 Å². The van der Waals surface area contributed by atoms with Crippen molar-refractivity contribution in [1.82, 2.24) is 0 Å². The van der Waals surface area contributed by atoms with Crippen LogP contribution in [0, 0.1) is 5.82 Å². The number of hydrogen-bond acceptors (Lipinski definition) is 4. The first kappa shape index (κ1) is 21.0. The Morgan fingerprint density at radius 3 is 2.30 bits per heavy atom. The van der Waals surface area contributed by atoms with Crippen LogP contribution in [0.1, 0.15) is 30.0 Å². The number of ether oxygens (including phenoxy) is 3. The largest absolute Gasteiger partial charge is 0.493 e. The van der Waals surface area contributed by atoms with Crippen molar-refractivity contribution in [1.29, 1.82) is 0 Å². The van der Waals surface area contributed by atoms with Crippen LogP contribution < -0.4 is 14.2 Å². The molecular formula is C23H21FN2O4. The molecule has 2 aromatic carbocycles. The molecule has 7 heteroatoms. The molecule has 0 spiro atoms. The van der Waals surface area contributed by atoms with Crippen LogP contribution in [0.5, 0.6) is 17.2 Å². The van der Waals surface area contributed by atoms with Crippen LogP contribution in [0.25, 0.3) is 22.8 Å². The van der Waals surface area contributed by atoms with Gasteiger partial charge in [-0.1, -0.05) is 6.07 Å². The Labute approximate surface area is 173 Å². The van der Waals surface area contributed by atoms with Gasteiger partial charge >= 0.3 is 6.21 Å². The Morgan fingerprint density at radius 1 is 1.07 bits per heavy atom. The van der Waals surface area contributed by atoms with Gasteiger partial charge in [0.25, 0.3) is 0 Å². The summed E-state index contributed by atoms with van der Waals surface area (Å²) in [7, 11) is 4.62. The Bertz CT molecular complexity index is 1100. The summed E-state index contributed by atoms with van der Waals surface area (Å²) in [5, 5.41) is 0. The first-order valence-corrected chi connectivity index (χ1v) is 9.15. The predicted molar refractivity (Wildman–Crippen MR) is 112 cm³/mol. The first-order valence-electron chi connectivity index (χ1n) is 9.15. The lowest BCUT2D eigenvalue weighted by molar-refractivity contribution is -0.115. The molecule has 30 heavy (non-hydrogen) atoms. The third-order valence-corrected chi connectivity index (χ3v) is 5.00. The molecule has 0 fully saturated rings. The molecule has 154 valence electrons. The van der Waals surface area contributed by atoms with E-state index in [1.165, 1.54) is 19.2 Å². The Hall–Kier alpha value is -3.70. The number of rotatable bonds is 7. The van der Waals surface area contributed by atoms with E-state index in [2.05, 4.69) is 4.79 Å². The minimum Gasteiger partial charge on any atom is -0.493 e. The summed E-state index contributed by atoms with van der Waals surface area (Å²) in [4.78, 5) is 14.8. The highest BCUT2D eigenvalue weighted by atomic mass is 19.1. The van der Waals surface area contributed by atoms with Gasteiger partial charge in [0.1, 0.15) is 5.82 Å². The molecule has 0 N–H and O–H groups in total. The molecule has 0 unspecified atom stereocenters. The van der Waals surface area contributed by atoms with Gasteiger partial charge in [0.05, 0.1) is 21.3 Å². The van der Waals surface area contributed by atoms with E-state index in [4.69, 9.17) is 19.7 Å². The number of nitrogens with zero attached hydrogens (tertiary/aromatic N) is 2. The van der Waals surface area contributed by atoms with E-state index in [0.29, 0.717) is 28.4 Å². The summed E-state index contributed by atoms with van der Waals surface area (Å²) >= 11 is 0. The van der Waals surface area contributed by atoms with Crippen LogP contribution in [0.4, 0.5) is 4.39 Å². The summed E-state index contributed by atoms with van der Waals surface area (Å²) in [6.07, 6.45) is 2.77. The second-order valence-electron chi connectivity index (χ2n) is 6.70. The van der Waals surface area contributed by atoms with E-state index in [0.717, 1.165) is 28.5 Å². The number of halogens is 1. The molecule has 0 amide bonds. The quantitative estimate of drug-likeness (QED) is 0.385. The van der Waals surface area contributed by atoms with E-state index >= 15 is 0 Å². The maximum absolute atomic E-state index is 13.9. The van der Waals surface area contributed by atoms with Gasteiger partial charge in [-0.15, -0.1) is 0 Å². The van der Waals surface area contributed by atoms with Crippen molar-refractivity contribution in [2.24, 2.45) is 0 Å². The monoisotopic (exact) mass is 408 g/mol. The van der Waals surface area contributed by atoms with Crippen molar-refractivity contribution in [3.63, 3.8) is 0 Å². The second-order valence-corrected chi connectivity index (χ2v) is 6.70. The number of carbonyl (C=O) groups is 1. The molecule has 6 nitrogen and oxygen atoms in total. The molecule has 1 aliphatic carbocycles. The fraction of sp³-hybridized carbons (Fsp3) is 0.217. The van der Waals surface area contributed by atoms with Crippen molar-refractivity contribution in [3.05, 3.63) is 63.9 Å². The molecule has 0 saturated carbocycles. The molecular weight excluding hydrogens is 387 g/mol. The average molecular weight is 408 g/mol. The number of methoxy groups -OCH3 is 3. The van der Waals surface area contributed by atoms with Gasteiger partial charge in [-0.05, 0) is 70.7 Å². The first-order chi connectivity index (χ1) is 14.4. The number of carbonyl (C=O) groups excluding carboxylic acids is 1. The lowest BCUT2D eigenvalue weighted by Crippen LogP contribution is -2.01. The highest BCUT2D eigenvalue weighted by molar-refractivity contribution is 6.28. The van der Waals surface area contributed by atoms with E-state index < -0.39 is 5.82 Å². The van der Waals surface area contributed by atoms with Crippen molar-refractivity contribution in [3.8, 4) is 17.2 Å². The molecule has 0 bridgehead atoms. The number of fused-ring (bicyclic) bond motifs is 1. The number of Topliss-reactive ketones (excluding diaryl/α,β-unsaturated/α-hetero) is 1. The van der Waals surface area contributed by atoms with E-state index in [1.807, 2.05) is 25.1 Å². The minimum absolute atomic E-state index is 0.00105. The summed E-state index contributed by atoms with van der Waals surface area (Å²) in [5.41, 5.74) is 13.3. The van der Waals surface area contributed by atoms with Gasteiger partial charge in [-0.3, -0.25) is 4.79 Å². The fourth-order valence-corrected chi connectivity index (χ4v) is 3.62. The van der Waals surface area contributed by atoms with Crippen LogP contribution >= 0.6 is 0 Å². The number of allylic oxidation sites excluding steroid dienone is 3.